The van der Waals surface area contributed by atoms with Crippen LogP contribution in [-0.4, -0.2) is 23.9 Å². The summed E-state index contributed by atoms with van der Waals surface area (Å²) in [7, 11) is 0. The lowest BCUT2D eigenvalue weighted by atomic mass is 9.88. The Hall–Kier alpha value is -2.62. The SMILES string of the molecule is O=C(CN1CCc2ccccc2C1Cc1ccccc1)NCc1ccccc1Cl. The maximum atomic E-state index is 12.7. The predicted octanol–water partition coefficient (Wildman–Crippen LogP) is 4.80. The Morgan fingerprint density at radius 1 is 0.966 bits per heavy atom. The first kappa shape index (κ1) is 19.7. The van der Waals surface area contributed by atoms with E-state index in [4.69, 9.17) is 11.6 Å². The molecule has 0 bridgehead atoms. The second-order valence-corrected chi connectivity index (χ2v) is 7.90. The second-order valence-electron chi connectivity index (χ2n) is 7.49. The molecule has 1 heterocycles. The fraction of sp³-hybridized carbons (Fsp3) is 0.240. The van der Waals surface area contributed by atoms with Crippen LogP contribution in [0.5, 0.6) is 0 Å². The van der Waals surface area contributed by atoms with Crippen LogP contribution in [0.1, 0.15) is 28.3 Å². The van der Waals surface area contributed by atoms with Crippen molar-refractivity contribution in [3.05, 3.63) is 106 Å². The number of nitrogens with zero attached hydrogens (tertiary/aromatic N) is 1. The van der Waals surface area contributed by atoms with Gasteiger partial charge in [-0.2, -0.15) is 0 Å². The van der Waals surface area contributed by atoms with Gasteiger partial charge in [0.25, 0.3) is 0 Å². The summed E-state index contributed by atoms with van der Waals surface area (Å²) in [4.78, 5) is 15.0. The maximum Gasteiger partial charge on any atom is 0.234 e. The fourth-order valence-corrected chi connectivity index (χ4v) is 4.25. The van der Waals surface area contributed by atoms with Crippen molar-refractivity contribution in [2.24, 2.45) is 0 Å². The van der Waals surface area contributed by atoms with Crippen molar-refractivity contribution < 1.29 is 4.79 Å². The minimum atomic E-state index is 0.0300. The normalized spacial score (nSPS) is 16.2. The van der Waals surface area contributed by atoms with Gasteiger partial charge in [-0.3, -0.25) is 9.69 Å². The molecule has 0 radical (unpaired) electrons. The molecule has 0 spiro atoms. The van der Waals surface area contributed by atoms with Gasteiger partial charge in [0.2, 0.25) is 5.91 Å². The van der Waals surface area contributed by atoms with E-state index in [0.29, 0.717) is 18.1 Å². The zero-order valence-electron chi connectivity index (χ0n) is 16.4. The van der Waals surface area contributed by atoms with E-state index < -0.39 is 0 Å². The number of rotatable bonds is 6. The summed E-state index contributed by atoms with van der Waals surface area (Å²) in [5.41, 5.74) is 4.95. The van der Waals surface area contributed by atoms with Crippen LogP contribution in [0.4, 0.5) is 0 Å². The molecular formula is C25H25ClN2O. The van der Waals surface area contributed by atoms with Crippen LogP contribution in [0.25, 0.3) is 0 Å². The molecule has 0 aliphatic carbocycles. The van der Waals surface area contributed by atoms with Crippen molar-refractivity contribution in [1.82, 2.24) is 10.2 Å². The molecule has 3 nitrogen and oxygen atoms in total. The minimum Gasteiger partial charge on any atom is -0.351 e. The van der Waals surface area contributed by atoms with E-state index in [-0.39, 0.29) is 11.9 Å². The highest BCUT2D eigenvalue weighted by Gasteiger charge is 2.28. The van der Waals surface area contributed by atoms with E-state index in [9.17, 15) is 4.79 Å². The number of hydrogen-bond donors (Lipinski definition) is 1. The fourth-order valence-electron chi connectivity index (χ4n) is 4.05. The standard InChI is InChI=1S/C25H25ClN2O/c26-23-13-7-5-11-21(23)17-27-25(29)18-28-15-14-20-10-4-6-12-22(20)24(28)16-19-8-2-1-3-9-19/h1-13,24H,14-18H2,(H,27,29). The third-order valence-corrected chi connectivity index (χ3v) is 5.94. The summed E-state index contributed by atoms with van der Waals surface area (Å²) in [6, 6.07) is 26.9. The van der Waals surface area contributed by atoms with Crippen molar-refractivity contribution in [3.63, 3.8) is 0 Å². The van der Waals surface area contributed by atoms with Crippen molar-refractivity contribution in [3.8, 4) is 0 Å². The van der Waals surface area contributed by atoms with Crippen molar-refractivity contribution in [2.45, 2.75) is 25.4 Å². The number of halogens is 1. The number of hydrogen-bond acceptors (Lipinski definition) is 2. The lowest BCUT2D eigenvalue weighted by molar-refractivity contribution is -0.123. The second kappa shape index (κ2) is 9.25. The Kier molecular flexibility index (Phi) is 6.28. The molecule has 1 atom stereocenters. The number of carbonyl (C=O) groups excluding carboxylic acids is 1. The molecule has 1 N–H and O–H groups in total. The lowest BCUT2D eigenvalue weighted by Gasteiger charge is -2.37. The largest absolute Gasteiger partial charge is 0.351 e. The average molecular weight is 405 g/mol. The average Bonchev–Trinajstić information content (AvgIpc) is 2.75. The van der Waals surface area contributed by atoms with Gasteiger partial charge in [-0.05, 0) is 41.2 Å². The zero-order chi connectivity index (χ0) is 20.1. The Balaban J connectivity index is 1.47. The van der Waals surface area contributed by atoms with E-state index in [0.717, 1.165) is 24.9 Å². The first-order chi connectivity index (χ1) is 14.2. The quantitative estimate of drug-likeness (QED) is 0.640. The van der Waals surface area contributed by atoms with E-state index in [2.05, 4.69) is 58.7 Å². The molecule has 1 aliphatic rings. The summed E-state index contributed by atoms with van der Waals surface area (Å²) in [6.45, 7) is 1.72. The summed E-state index contributed by atoms with van der Waals surface area (Å²) in [5.74, 6) is 0.0300. The summed E-state index contributed by atoms with van der Waals surface area (Å²) in [5, 5.41) is 3.71. The van der Waals surface area contributed by atoms with Gasteiger partial charge >= 0.3 is 0 Å². The van der Waals surface area contributed by atoms with Gasteiger partial charge in [-0.1, -0.05) is 84.4 Å². The third kappa shape index (κ3) is 4.87. The van der Waals surface area contributed by atoms with E-state index in [1.807, 2.05) is 30.3 Å². The molecule has 0 fully saturated rings. The highest BCUT2D eigenvalue weighted by Crippen LogP contribution is 2.32. The van der Waals surface area contributed by atoms with E-state index in [1.165, 1.54) is 16.7 Å². The molecule has 3 aromatic rings. The molecule has 1 amide bonds. The maximum absolute atomic E-state index is 12.7. The molecule has 0 aromatic heterocycles. The Labute approximate surface area is 177 Å². The van der Waals surface area contributed by atoms with Crippen LogP contribution < -0.4 is 5.32 Å². The van der Waals surface area contributed by atoms with Crippen LogP contribution in [0.15, 0.2) is 78.9 Å². The number of fused-ring (bicyclic) bond motifs is 1. The molecular weight excluding hydrogens is 380 g/mol. The first-order valence-corrected chi connectivity index (χ1v) is 10.4. The number of carbonyl (C=O) groups is 1. The zero-order valence-corrected chi connectivity index (χ0v) is 17.1. The Morgan fingerprint density at radius 3 is 2.52 bits per heavy atom. The van der Waals surface area contributed by atoms with Gasteiger partial charge in [0, 0.05) is 24.2 Å². The van der Waals surface area contributed by atoms with Crippen LogP contribution in [0, 0.1) is 0 Å². The van der Waals surface area contributed by atoms with Crippen molar-refractivity contribution >= 4 is 17.5 Å². The van der Waals surface area contributed by atoms with E-state index in [1.54, 1.807) is 0 Å². The highest BCUT2D eigenvalue weighted by molar-refractivity contribution is 6.31. The van der Waals surface area contributed by atoms with Crippen LogP contribution in [-0.2, 0) is 24.2 Å². The van der Waals surface area contributed by atoms with Crippen molar-refractivity contribution in [2.75, 3.05) is 13.1 Å². The van der Waals surface area contributed by atoms with Crippen LogP contribution in [0.2, 0.25) is 5.02 Å². The number of amides is 1. The highest BCUT2D eigenvalue weighted by atomic mass is 35.5. The molecule has 148 valence electrons. The number of benzene rings is 3. The molecule has 4 heteroatoms. The molecule has 3 aromatic carbocycles. The molecule has 1 unspecified atom stereocenters. The minimum absolute atomic E-state index is 0.0300. The van der Waals surface area contributed by atoms with Gasteiger partial charge in [0.1, 0.15) is 0 Å². The van der Waals surface area contributed by atoms with Crippen LogP contribution in [0.3, 0.4) is 0 Å². The summed E-state index contributed by atoms with van der Waals surface area (Å²) in [6.07, 6.45) is 1.87. The smallest absolute Gasteiger partial charge is 0.234 e. The van der Waals surface area contributed by atoms with Gasteiger partial charge in [0.15, 0.2) is 0 Å². The van der Waals surface area contributed by atoms with Gasteiger partial charge in [-0.15, -0.1) is 0 Å². The van der Waals surface area contributed by atoms with Crippen molar-refractivity contribution in [1.29, 1.82) is 0 Å². The molecule has 29 heavy (non-hydrogen) atoms. The number of nitrogens with one attached hydrogen (secondary N) is 1. The molecule has 0 saturated carbocycles. The lowest BCUT2D eigenvalue weighted by Crippen LogP contribution is -2.43. The topological polar surface area (TPSA) is 32.3 Å². The molecule has 0 saturated heterocycles. The summed E-state index contributed by atoms with van der Waals surface area (Å²) < 4.78 is 0. The van der Waals surface area contributed by atoms with Gasteiger partial charge in [-0.25, -0.2) is 0 Å². The monoisotopic (exact) mass is 404 g/mol. The third-order valence-electron chi connectivity index (χ3n) is 5.58. The summed E-state index contributed by atoms with van der Waals surface area (Å²) >= 11 is 6.21. The predicted molar refractivity (Wildman–Crippen MR) is 118 cm³/mol. The van der Waals surface area contributed by atoms with Crippen LogP contribution >= 0.6 is 11.6 Å². The molecule has 1 aliphatic heterocycles. The first-order valence-electron chi connectivity index (χ1n) is 10.1. The van der Waals surface area contributed by atoms with Gasteiger partial charge < -0.3 is 5.32 Å². The van der Waals surface area contributed by atoms with Gasteiger partial charge in [0.05, 0.1) is 6.54 Å². The Morgan fingerprint density at radius 2 is 1.69 bits per heavy atom. The molecule has 4 rings (SSSR count). The van der Waals surface area contributed by atoms with E-state index >= 15 is 0 Å². The Bertz CT molecular complexity index is 973.